The highest BCUT2D eigenvalue weighted by atomic mass is 32.3. The number of ether oxygens (including phenoxy) is 3. The molecule has 12 nitrogen and oxygen atoms in total. The Bertz CT molecular complexity index is 1100. The monoisotopic (exact) mass is 498 g/mol. The largest absolute Gasteiger partial charge is 0.343 e. The number of fused-ring (bicyclic) bond motifs is 3. The van der Waals surface area contributed by atoms with Crippen LogP contribution in [0.1, 0.15) is 19.4 Å². The Morgan fingerprint density at radius 3 is 2.52 bits per heavy atom. The molecule has 3 saturated heterocycles. The molecule has 5 atom stereocenters. The summed E-state index contributed by atoms with van der Waals surface area (Å²) >= 11 is -1.76. The maximum atomic E-state index is 12.6. The average Bonchev–Trinajstić information content (AvgIpc) is 3.16. The molecule has 1 aromatic carbocycles. The lowest BCUT2D eigenvalue weighted by Crippen LogP contribution is -2.60. The first-order chi connectivity index (χ1) is 14.3. The van der Waals surface area contributed by atoms with E-state index in [0.717, 1.165) is 5.56 Å². The van der Waals surface area contributed by atoms with Crippen molar-refractivity contribution in [2.75, 3.05) is 13.2 Å². The number of hydrogen-bond acceptors (Lipinski definition) is 10. The van der Waals surface area contributed by atoms with Crippen LogP contribution in [0.15, 0.2) is 32.9 Å². The second-order valence-corrected chi connectivity index (χ2v) is 11.8. The van der Waals surface area contributed by atoms with E-state index in [2.05, 4.69) is 3.77 Å². The summed E-state index contributed by atoms with van der Waals surface area (Å²) < 4.78 is 85.0. The Morgan fingerprint density at radius 2 is 1.87 bits per heavy atom. The molecular formula is C16H22N2O10S3. The third kappa shape index (κ3) is 4.85. The van der Waals surface area contributed by atoms with Gasteiger partial charge in [0.05, 0.1) is 11.5 Å². The van der Waals surface area contributed by atoms with Crippen molar-refractivity contribution < 1.29 is 43.6 Å². The molecule has 3 aliphatic heterocycles. The van der Waals surface area contributed by atoms with Crippen molar-refractivity contribution >= 4 is 31.6 Å². The lowest BCUT2D eigenvalue weighted by atomic mass is 9.98. The Hall–Kier alpha value is -1.01. The van der Waals surface area contributed by atoms with E-state index in [1.54, 1.807) is 26.0 Å². The van der Waals surface area contributed by atoms with Crippen LogP contribution in [0.3, 0.4) is 0 Å². The molecule has 0 aromatic heterocycles. The number of nitrogens with zero attached hydrogens (tertiary/aromatic N) is 1. The molecule has 0 aliphatic carbocycles. The normalized spacial score (nSPS) is 35.1. The van der Waals surface area contributed by atoms with Gasteiger partial charge in [0.25, 0.3) is 10.0 Å². The van der Waals surface area contributed by atoms with Crippen LogP contribution < -0.4 is 5.14 Å². The fraction of sp³-hybridized carbons (Fsp3) is 0.625. The van der Waals surface area contributed by atoms with Crippen molar-refractivity contribution in [2.24, 2.45) is 8.91 Å². The molecule has 3 heterocycles. The maximum Gasteiger partial charge on any atom is 0.333 e. The predicted molar refractivity (Wildman–Crippen MR) is 106 cm³/mol. The van der Waals surface area contributed by atoms with Gasteiger partial charge in [-0.25, -0.2) is 5.14 Å². The Balaban J connectivity index is 1.59. The van der Waals surface area contributed by atoms with Crippen LogP contribution in [0.25, 0.3) is 0 Å². The highest BCUT2D eigenvalue weighted by Gasteiger charge is 2.65. The topological polar surface area (TPSA) is 162 Å². The molecule has 3 fully saturated rings. The first-order valence-electron chi connectivity index (χ1n) is 9.11. The number of aryl methyl sites for hydroxylation is 1. The van der Waals surface area contributed by atoms with Gasteiger partial charge >= 0.3 is 10.3 Å². The van der Waals surface area contributed by atoms with Crippen LogP contribution in [0.2, 0.25) is 0 Å². The standard InChI is InChI=1S/C16H22N2O10S3/c1-10-4-6-11(7-5-10)30(19,20)18-29-26-12-8-23-16(9-24-31(17,21)22)14(13(12)27-29)25-15(2,3)28-16/h4-7,12-14H,8-9H2,1-3H3,(H2,17,21,22)/t12-,13-,14+,16+,29?/m1/s1. The molecule has 174 valence electrons. The van der Waals surface area contributed by atoms with Gasteiger partial charge in [-0.05, 0) is 32.9 Å². The van der Waals surface area contributed by atoms with E-state index in [9.17, 15) is 16.8 Å². The van der Waals surface area contributed by atoms with E-state index in [1.165, 1.54) is 12.1 Å². The van der Waals surface area contributed by atoms with Crippen LogP contribution in [-0.4, -0.2) is 59.9 Å². The second kappa shape index (κ2) is 7.79. The number of hydrogen-bond donors (Lipinski definition) is 1. The minimum atomic E-state index is -4.28. The molecule has 1 unspecified atom stereocenters. The zero-order valence-corrected chi connectivity index (χ0v) is 19.2. The Kier molecular flexibility index (Phi) is 5.82. The van der Waals surface area contributed by atoms with Crippen molar-refractivity contribution in [3.63, 3.8) is 0 Å². The highest BCUT2D eigenvalue weighted by Crippen LogP contribution is 2.46. The Labute approximate surface area is 182 Å². The molecule has 0 saturated carbocycles. The first-order valence-corrected chi connectivity index (χ1v) is 13.1. The average molecular weight is 499 g/mol. The van der Waals surface area contributed by atoms with Gasteiger partial charge in [0, 0.05) is 0 Å². The van der Waals surface area contributed by atoms with Gasteiger partial charge < -0.3 is 14.2 Å². The van der Waals surface area contributed by atoms with E-state index in [0.29, 0.717) is 0 Å². The summed E-state index contributed by atoms with van der Waals surface area (Å²) in [6.07, 6.45) is -2.55. The molecule has 4 rings (SSSR count). The molecule has 3 aliphatic rings. The van der Waals surface area contributed by atoms with Crippen molar-refractivity contribution in [1.29, 1.82) is 0 Å². The molecule has 15 heteroatoms. The minimum absolute atomic E-state index is 0.00130. The van der Waals surface area contributed by atoms with Gasteiger partial charge in [0.1, 0.15) is 24.9 Å². The van der Waals surface area contributed by atoms with E-state index >= 15 is 0 Å². The molecule has 0 amide bonds. The molecule has 2 N–H and O–H groups in total. The van der Waals surface area contributed by atoms with Gasteiger partial charge in [0.15, 0.2) is 17.0 Å². The lowest BCUT2D eigenvalue weighted by Gasteiger charge is -2.39. The van der Waals surface area contributed by atoms with Crippen LogP contribution in [0.5, 0.6) is 0 Å². The summed E-state index contributed by atoms with van der Waals surface area (Å²) in [5.41, 5.74) is 0.900. The van der Waals surface area contributed by atoms with Gasteiger partial charge in [-0.3, -0.25) is 12.5 Å². The SMILES string of the molecule is Cc1ccc(S(=O)(=O)N=S2O[C@@H]3[C@@H](CO[C@@]4(COS(N)(=O)=O)OC(C)(C)O[C@@H]34)O2)cc1. The molecule has 0 spiro atoms. The highest BCUT2D eigenvalue weighted by molar-refractivity contribution is 7.97. The van der Waals surface area contributed by atoms with Crippen LogP contribution >= 0.6 is 0 Å². The third-order valence-corrected chi connectivity index (χ3v) is 8.11. The second-order valence-electron chi connectivity index (χ2n) is 7.69. The molecule has 31 heavy (non-hydrogen) atoms. The third-order valence-electron chi connectivity index (χ3n) is 4.72. The smallest absolute Gasteiger partial charge is 0.333 e. The predicted octanol–water partition coefficient (Wildman–Crippen LogP) is 0.198. The van der Waals surface area contributed by atoms with Crippen LogP contribution in [0, 0.1) is 6.92 Å². The van der Waals surface area contributed by atoms with Crippen LogP contribution in [-0.2, 0) is 58.3 Å². The summed E-state index contributed by atoms with van der Waals surface area (Å²) in [5, 5.41) is 4.92. The number of benzene rings is 1. The lowest BCUT2D eigenvalue weighted by molar-refractivity contribution is -0.290. The molecule has 0 bridgehead atoms. The van der Waals surface area contributed by atoms with E-state index in [4.69, 9.17) is 31.9 Å². The van der Waals surface area contributed by atoms with Crippen molar-refractivity contribution in [3.8, 4) is 0 Å². The number of sulfonamides is 1. The minimum Gasteiger partial charge on any atom is -0.343 e. The zero-order valence-electron chi connectivity index (χ0n) is 16.8. The zero-order chi connectivity index (χ0) is 22.7. The molecule has 1 aromatic rings. The van der Waals surface area contributed by atoms with Crippen molar-refractivity contribution in [3.05, 3.63) is 29.8 Å². The summed E-state index contributed by atoms with van der Waals surface area (Å²) in [7, 11) is -8.32. The fourth-order valence-corrected chi connectivity index (χ4v) is 6.35. The van der Waals surface area contributed by atoms with E-state index < -0.39 is 68.1 Å². The summed E-state index contributed by atoms with van der Waals surface area (Å²) in [6.45, 7) is 4.35. The fourth-order valence-electron chi connectivity index (χ4n) is 3.44. The number of nitrogens with two attached hydrogens (primary N) is 1. The van der Waals surface area contributed by atoms with Crippen molar-refractivity contribution in [1.82, 2.24) is 0 Å². The van der Waals surface area contributed by atoms with E-state index in [-0.39, 0.29) is 11.5 Å². The van der Waals surface area contributed by atoms with Gasteiger partial charge in [-0.2, -0.15) is 16.8 Å². The van der Waals surface area contributed by atoms with Gasteiger partial charge in [0.2, 0.25) is 5.79 Å². The quantitative estimate of drug-likeness (QED) is 0.593. The summed E-state index contributed by atoms with van der Waals surface area (Å²) in [4.78, 5) is 0.00130. The van der Waals surface area contributed by atoms with Gasteiger partial charge in [-0.15, -0.1) is 0 Å². The van der Waals surface area contributed by atoms with Gasteiger partial charge in [-0.1, -0.05) is 21.5 Å². The van der Waals surface area contributed by atoms with Crippen molar-refractivity contribution in [2.45, 2.75) is 55.6 Å². The molecule has 0 radical (unpaired) electrons. The first kappa shape index (κ1) is 23.2. The van der Waals surface area contributed by atoms with E-state index in [1.807, 2.05) is 6.92 Å². The maximum absolute atomic E-state index is 12.6. The summed E-state index contributed by atoms with van der Waals surface area (Å²) in [5.74, 6) is -2.81. The van der Waals surface area contributed by atoms with Crippen LogP contribution in [0.4, 0.5) is 0 Å². The molecular weight excluding hydrogens is 476 g/mol. The number of rotatable bonds is 5. The summed E-state index contributed by atoms with van der Waals surface area (Å²) in [6, 6.07) is 6.19. The Morgan fingerprint density at radius 1 is 1.19 bits per heavy atom.